The zero-order chi connectivity index (χ0) is 10.9. The zero-order valence-corrected chi connectivity index (χ0v) is 10.6. The second kappa shape index (κ2) is 9.58. The molecule has 0 spiro atoms. The van der Waals surface area contributed by atoms with Crippen molar-refractivity contribution in [3.63, 3.8) is 0 Å². The maximum Gasteiger partial charge on any atom is 0.0948 e. The van der Waals surface area contributed by atoms with Gasteiger partial charge in [-0.1, -0.05) is 0 Å². The first-order chi connectivity index (χ1) is 5.99. The molecular weight excluding hydrogens is 182 g/mol. The van der Waals surface area contributed by atoms with Crippen LogP contribution in [0.3, 0.4) is 0 Å². The van der Waals surface area contributed by atoms with Crippen molar-refractivity contribution >= 4 is 22.6 Å². The molecule has 0 unspecified atom stereocenters. The fourth-order valence-electron chi connectivity index (χ4n) is 0.291. The molecule has 0 aromatic carbocycles. The summed E-state index contributed by atoms with van der Waals surface area (Å²) in [6.07, 6.45) is 2.02. The van der Waals surface area contributed by atoms with Crippen molar-refractivity contribution in [3.05, 3.63) is 0 Å². The van der Waals surface area contributed by atoms with E-state index >= 15 is 0 Å². The van der Waals surface area contributed by atoms with Gasteiger partial charge >= 0.3 is 0 Å². The van der Waals surface area contributed by atoms with Gasteiger partial charge in [0.2, 0.25) is 0 Å². The summed E-state index contributed by atoms with van der Waals surface area (Å²) in [5, 5.41) is 1.13. The molecule has 4 heteroatoms. The predicted molar refractivity (Wildman–Crippen MR) is 65.3 cm³/mol. The Bertz CT molecular complexity index is 174. The Balaban J connectivity index is 0. The molecule has 78 valence electrons. The quantitative estimate of drug-likeness (QED) is 0.445. The minimum atomic E-state index is 1.06. The third-order valence-corrected chi connectivity index (χ3v) is 2.35. The van der Waals surface area contributed by atoms with Crippen LogP contribution in [0.1, 0.15) is 13.8 Å². The molecule has 0 saturated carbocycles. The van der Waals surface area contributed by atoms with E-state index in [0.717, 1.165) is 10.9 Å². The van der Waals surface area contributed by atoms with Gasteiger partial charge in [-0.25, -0.2) is 0 Å². The molecule has 0 fully saturated rings. The number of aliphatic imine (C=N–C) groups is 2. The predicted octanol–water partition coefficient (Wildman–Crippen LogP) is 1.99. The molecular formula is C9H21N3S. The average Bonchev–Trinajstić information content (AvgIpc) is 2.16. The summed E-state index contributed by atoms with van der Waals surface area (Å²) in [7, 11) is 7.53. The lowest BCUT2D eigenvalue weighted by Crippen LogP contribution is -2.17. The fourth-order valence-corrected chi connectivity index (χ4v) is 0.474. The number of hydrogen-bond acceptors (Lipinski definition) is 3. The van der Waals surface area contributed by atoms with E-state index < -0.39 is 0 Å². The van der Waals surface area contributed by atoms with Gasteiger partial charge in [0.15, 0.2) is 0 Å². The van der Waals surface area contributed by atoms with E-state index in [1.165, 1.54) is 0 Å². The molecule has 0 aromatic rings. The lowest BCUT2D eigenvalue weighted by Gasteiger charge is -2.08. The van der Waals surface area contributed by atoms with Gasteiger partial charge in [-0.05, 0) is 20.1 Å². The van der Waals surface area contributed by atoms with Crippen LogP contribution in [-0.2, 0) is 0 Å². The number of nitrogens with zero attached hydrogens (tertiary/aromatic N) is 3. The van der Waals surface area contributed by atoms with Crippen molar-refractivity contribution < 1.29 is 0 Å². The van der Waals surface area contributed by atoms with E-state index in [9.17, 15) is 0 Å². The summed E-state index contributed by atoms with van der Waals surface area (Å²) in [6.45, 7) is 3.96. The van der Waals surface area contributed by atoms with E-state index in [4.69, 9.17) is 0 Å². The molecule has 0 atom stereocenters. The van der Waals surface area contributed by atoms with Crippen molar-refractivity contribution in [2.24, 2.45) is 9.98 Å². The number of rotatable bonds is 0. The van der Waals surface area contributed by atoms with Gasteiger partial charge in [0.1, 0.15) is 0 Å². The fraction of sp³-hybridized carbons (Fsp3) is 0.778. The lowest BCUT2D eigenvalue weighted by atomic mass is 10.6. The second-order valence-corrected chi connectivity index (χ2v) is 3.61. The Morgan fingerprint density at radius 2 is 1.54 bits per heavy atom. The molecule has 0 N–H and O–H groups in total. The standard InChI is InChI=1S/C5H12N2.C4H9NS/c1-5(6-2)7(3)4;1-4(5-2)6-3/h1-4H3;1-3H3. The van der Waals surface area contributed by atoms with Crippen LogP contribution >= 0.6 is 11.8 Å². The summed E-state index contributed by atoms with van der Waals surface area (Å²) in [4.78, 5) is 9.79. The highest BCUT2D eigenvalue weighted by molar-refractivity contribution is 8.13. The van der Waals surface area contributed by atoms with Crippen molar-refractivity contribution in [2.75, 3.05) is 34.4 Å². The van der Waals surface area contributed by atoms with E-state index in [1.807, 2.05) is 39.1 Å². The Kier molecular flexibility index (Phi) is 11.0. The van der Waals surface area contributed by atoms with Crippen LogP contribution in [0.25, 0.3) is 0 Å². The molecule has 13 heavy (non-hydrogen) atoms. The highest BCUT2D eigenvalue weighted by Gasteiger charge is 1.85. The van der Waals surface area contributed by atoms with E-state index in [0.29, 0.717) is 0 Å². The van der Waals surface area contributed by atoms with Crippen LogP contribution < -0.4 is 0 Å². The van der Waals surface area contributed by atoms with E-state index in [2.05, 4.69) is 9.98 Å². The summed E-state index contributed by atoms with van der Waals surface area (Å²) in [5.74, 6) is 1.06. The molecule has 3 nitrogen and oxygen atoms in total. The normalized spacial score (nSPS) is 11.9. The molecule has 0 saturated heterocycles. The minimum absolute atomic E-state index is 1.06. The summed E-state index contributed by atoms with van der Waals surface area (Å²) in [6, 6.07) is 0. The molecule has 0 aliphatic carbocycles. The maximum absolute atomic E-state index is 3.93. The highest BCUT2D eigenvalue weighted by Crippen LogP contribution is 1.92. The van der Waals surface area contributed by atoms with Crippen LogP contribution in [0.2, 0.25) is 0 Å². The van der Waals surface area contributed by atoms with Crippen LogP contribution in [0.15, 0.2) is 9.98 Å². The molecule has 0 radical (unpaired) electrons. The Morgan fingerprint density at radius 3 is 1.54 bits per heavy atom. The van der Waals surface area contributed by atoms with Gasteiger partial charge in [0.05, 0.1) is 10.9 Å². The molecule has 0 aliphatic rings. The van der Waals surface area contributed by atoms with Crippen LogP contribution in [0.5, 0.6) is 0 Å². The molecule has 0 aromatic heterocycles. The largest absolute Gasteiger partial charge is 0.367 e. The zero-order valence-electron chi connectivity index (χ0n) is 9.75. The van der Waals surface area contributed by atoms with Gasteiger partial charge in [-0.2, -0.15) is 0 Å². The second-order valence-electron chi connectivity index (χ2n) is 2.61. The van der Waals surface area contributed by atoms with E-state index in [-0.39, 0.29) is 0 Å². The van der Waals surface area contributed by atoms with Gasteiger partial charge in [-0.3, -0.25) is 9.98 Å². The van der Waals surface area contributed by atoms with E-state index in [1.54, 1.807) is 25.9 Å². The van der Waals surface area contributed by atoms with Crippen LogP contribution in [0.4, 0.5) is 0 Å². The Morgan fingerprint density at radius 1 is 1.08 bits per heavy atom. The SMILES string of the molecule is CN=C(C)N(C)C.CN=C(C)SC. The first-order valence-electron chi connectivity index (χ1n) is 4.07. The number of thioether (sulfide) groups is 1. The molecule has 0 heterocycles. The Labute approximate surface area is 86.3 Å². The molecule has 0 rings (SSSR count). The van der Waals surface area contributed by atoms with Gasteiger partial charge in [-0.15, -0.1) is 11.8 Å². The van der Waals surface area contributed by atoms with Gasteiger partial charge in [0.25, 0.3) is 0 Å². The number of amidine groups is 1. The van der Waals surface area contributed by atoms with Crippen molar-refractivity contribution in [1.82, 2.24) is 4.90 Å². The minimum Gasteiger partial charge on any atom is -0.367 e. The first kappa shape index (κ1) is 15.0. The maximum atomic E-state index is 3.93. The number of hydrogen-bond donors (Lipinski definition) is 0. The van der Waals surface area contributed by atoms with Crippen molar-refractivity contribution in [1.29, 1.82) is 0 Å². The van der Waals surface area contributed by atoms with Gasteiger partial charge in [0, 0.05) is 28.2 Å². The summed E-state index contributed by atoms with van der Waals surface area (Å²) in [5.41, 5.74) is 0. The molecule has 0 aliphatic heterocycles. The smallest absolute Gasteiger partial charge is 0.0948 e. The van der Waals surface area contributed by atoms with Gasteiger partial charge < -0.3 is 4.90 Å². The highest BCUT2D eigenvalue weighted by atomic mass is 32.2. The third kappa shape index (κ3) is 11.5. The summed E-state index contributed by atoms with van der Waals surface area (Å²) < 4.78 is 0. The average molecular weight is 203 g/mol. The molecule has 0 bridgehead atoms. The summed E-state index contributed by atoms with van der Waals surface area (Å²) >= 11 is 1.67. The van der Waals surface area contributed by atoms with Crippen molar-refractivity contribution in [3.8, 4) is 0 Å². The lowest BCUT2D eigenvalue weighted by molar-refractivity contribution is 0.617. The monoisotopic (exact) mass is 203 g/mol. The van der Waals surface area contributed by atoms with Crippen LogP contribution in [-0.4, -0.2) is 50.2 Å². The molecule has 0 amide bonds. The topological polar surface area (TPSA) is 28.0 Å². The van der Waals surface area contributed by atoms with Crippen molar-refractivity contribution in [2.45, 2.75) is 13.8 Å². The third-order valence-electron chi connectivity index (χ3n) is 1.58. The first-order valence-corrected chi connectivity index (χ1v) is 5.30. The Hall–Kier alpha value is -0.510. The van der Waals surface area contributed by atoms with Crippen LogP contribution in [0, 0.1) is 0 Å².